The summed E-state index contributed by atoms with van der Waals surface area (Å²) in [6, 6.07) is 21.0. The van der Waals surface area contributed by atoms with Crippen molar-refractivity contribution in [2.45, 2.75) is 6.92 Å². The van der Waals surface area contributed by atoms with E-state index in [4.69, 9.17) is 4.74 Å². The minimum absolute atomic E-state index is 0.237. The molecule has 2 aromatic heterocycles. The Morgan fingerprint density at radius 3 is 2.21 bits per heavy atom. The maximum atomic E-state index is 12.5. The molecule has 6 nitrogen and oxygen atoms in total. The number of nitrogens with zero attached hydrogens (tertiary/aromatic N) is 2. The summed E-state index contributed by atoms with van der Waals surface area (Å²) in [5.41, 5.74) is 4.75. The minimum Gasteiger partial charge on any atom is -0.497 e. The van der Waals surface area contributed by atoms with Crippen LogP contribution in [0.2, 0.25) is 0 Å². The standard InChI is InChI=1S/C22H20N4O2/c1-15-4-3-5-21-25-20(14-26(15)21)22(27)24-18-8-6-16(7-9-18)23-17-10-12-19(28-2)13-11-17/h3-14,23H,1-2H3,(H,24,27). The summed E-state index contributed by atoms with van der Waals surface area (Å²) < 4.78 is 7.06. The van der Waals surface area contributed by atoms with Crippen LogP contribution >= 0.6 is 0 Å². The molecule has 2 aromatic carbocycles. The number of aromatic nitrogens is 2. The molecule has 0 bridgehead atoms. The number of rotatable bonds is 5. The Hall–Kier alpha value is -3.80. The van der Waals surface area contributed by atoms with Crippen molar-refractivity contribution in [3.63, 3.8) is 0 Å². The van der Waals surface area contributed by atoms with Crippen molar-refractivity contribution >= 4 is 28.6 Å². The van der Waals surface area contributed by atoms with E-state index in [1.54, 1.807) is 13.3 Å². The fourth-order valence-corrected chi connectivity index (χ4v) is 2.93. The highest BCUT2D eigenvalue weighted by atomic mass is 16.5. The first-order valence-corrected chi connectivity index (χ1v) is 8.89. The van der Waals surface area contributed by atoms with Gasteiger partial charge in [0.1, 0.15) is 17.1 Å². The van der Waals surface area contributed by atoms with Crippen molar-refractivity contribution < 1.29 is 9.53 Å². The van der Waals surface area contributed by atoms with Crippen LogP contribution in [0.5, 0.6) is 5.75 Å². The Bertz CT molecular complexity index is 1120. The molecule has 2 heterocycles. The maximum absolute atomic E-state index is 12.5. The van der Waals surface area contributed by atoms with Gasteiger partial charge in [-0.05, 0) is 67.6 Å². The Morgan fingerprint density at radius 2 is 1.57 bits per heavy atom. The summed E-state index contributed by atoms with van der Waals surface area (Å²) in [5, 5.41) is 6.19. The van der Waals surface area contributed by atoms with Gasteiger partial charge in [-0.25, -0.2) is 4.98 Å². The molecule has 6 heteroatoms. The summed E-state index contributed by atoms with van der Waals surface area (Å²) in [6.45, 7) is 1.98. The normalized spacial score (nSPS) is 10.6. The van der Waals surface area contributed by atoms with Crippen LogP contribution in [0.3, 0.4) is 0 Å². The number of pyridine rings is 1. The number of hydrogen-bond acceptors (Lipinski definition) is 4. The van der Waals surface area contributed by atoms with E-state index in [0.717, 1.165) is 28.5 Å². The van der Waals surface area contributed by atoms with Crippen LogP contribution in [-0.4, -0.2) is 22.4 Å². The lowest BCUT2D eigenvalue weighted by Crippen LogP contribution is -2.12. The van der Waals surface area contributed by atoms with E-state index in [9.17, 15) is 4.79 Å². The Kier molecular flexibility index (Phi) is 4.68. The predicted molar refractivity (Wildman–Crippen MR) is 111 cm³/mol. The molecule has 0 fully saturated rings. The molecule has 0 aliphatic heterocycles. The molecule has 0 saturated carbocycles. The second kappa shape index (κ2) is 7.44. The molecule has 2 N–H and O–H groups in total. The zero-order valence-electron chi connectivity index (χ0n) is 15.6. The van der Waals surface area contributed by atoms with Crippen molar-refractivity contribution in [1.29, 1.82) is 0 Å². The lowest BCUT2D eigenvalue weighted by Gasteiger charge is -2.09. The molecule has 0 saturated heterocycles. The number of benzene rings is 2. The van der Waals surface area contributed by atoms with Gasteiger partial charge in [-0.2, -0.15) is 0 Å². The van der Waals surface area contributed by atoms with Crippen molar-refractivity contribution in [2.75, 3.05) is 17.7 Å². The van der Waals surface area contributed by atoms with E-state index in [2.05, 4.69) is 15.6 Å². The monoisotopic (exact) mass is 372 g/mol. The van der Waals surface area contributed by atoms with Crippen LogP contribution < -0.4 is 15.4 Å². The van der Waals surface area contributed by atoms with Gasteiger partial charge in [0, 0.05) is 29.0 Å². The van der Waals surface area contributed by atoms with Gasteiger partial charge in [0.05, 0.1) is 7.11 Å². The van der Waals surface area contributed by atoms with Crippen LogP contribution in [0.1, 0.15) is 16.2 Å². The van der Waals surface area contributed by atoms with Gasteiger partial charge >= 0.3 is 0 Å². The van der Waals surface area contributed by atoms with Gasteiger partial charge in [-0.3, -0.25) is 4.79 Å². The smallest absolute Gasteiger partial charge is 0.275 e. The third kappa shape index (κ3) is 3.66. The zero-order valence-corrected chi connectivity index (χ0v) is 15.6. The number of nitrogens with one attached hydrogen (secondary N) is 2. The van der Waals surface area contributed by atoms with Crippen LogP contribution in [0.25, 0.3) is 5.65 Å². The first-order chi connectivity index (χ1) is 13.6. The first-order valence-electron chi connectivity index (χ1n) is 8.89. The maximum Gasteiger partial charge on any atom is 0.275 e. The summed E-state index contributed by atoms with van der Waals surface area (Å²) >= 11 is 0. The first kappa shape index (κ1) is 17.6. The quantitative estimate of drug-likeness (QED) is 0.535. The fourth-order valence-electron chi connectivity index (χ4n) is 2.93. The number of anilines is 3. The lowest BCUT2D eigenvalue weighted by molar-refractivity contribution is 0.102. The highest BCUT2D eigenvalue weighted by Gasteiger charge is 2.11. The van der Waals surface area contributed by atoms with Crippen molar-refractivity contribution in [3.05, 3.63) is 84.3 Å². The number of aryl methyl sites for hydroxylation is 1. The van der Waals surface area contributed by atoms with Gasteiger partial charge in [0.25, 0.3) is 5.91 Å². The molecule has 4 aromatic rings. The van der Waals surface area contributed by atoms with Crippen LogP contribution in [0.4, 0.5) is 17.1 Å². The SMILES string of the molecule is COc1ccc(Nc2ccc(NC(=O)c3cn4c(C)cccc4n3)cc2)cc1. The van der Waals surface area contributed by atoms with Crippen molar-refractivity contribution in [1.82, 2.24) is 9.38 Å². The molecule has 0 spiro atoms. The highest BCUT2D eigenvalue weighted by Crippen LogP contribution is 2.21. The number of imidazole rings is 1. The molecule has 1 amide bonds. The molecule has 0 unspecified atom stereocenters. The number of methoxy groups -OCH3 is 1. The zero-order chi connectivity index (χ0) is 19.5. The van der Waals surface area contributed by atoms with E-state index in [1.165, 1.54) is 0 Å². The van der Waals surface area contributed by atoms with Crippen molar-refractivity contribution in [2.24, 2.45) is 0 Å². The van der Waals surface area contributed by atoms with Gasteiger partial charge < -0.3 is 19.8 Å². The molecule has 0 radical (unpaired) electrons. The number of fused-ring (bicyclic) bond motifs is 1. The Labute approximate surface area is 162 Å². The van der Waals surface area contributed by atoms with Crippen LogP contribution in [0.15, 0.2) is 72.9 Å². The summed E-state index contributed by atoms with van der Waals surface area (Å²) in [5.74, 6) is 0.574. The second-order valence-corrected chi connectivity index (χ2v) is 6.41. The molecule has 4 rings (SSSR count). The molecule has 140 valence electrons. The predicted octanol–water partition coefficient (Wildman–Crippen LogP) is 4.65. The van der Waals surface area contributed by atoms with Gasteiger partial charge in [-0.1, -0.05) is 6.07 Å². The van der Waals surface area contributed by atoms with Crippen molar-refractivity contribution in [3.8, 4) is 5.75 Å². The molecule has 0 aliphatic rings. The van der Waals surface area contributed by atoms with E-state index in [-0.39, 0.29) is 5.91 Å². The third-order valence-corrected chi connectivity index (χ3v) is 4.45. The summed E-state index contributed by atoms with van der Waals surface area (Å²) in [6.07, 6.45) is 1.75. The summed E-state index contributed by atoms with van der Waals surface area (Å²) in [4.78, 5) is 16.9. The fraction of sp³-hybridized carbons (Fsp3) is 0.0909. The summed E-state index contributed by atoms with van der Waals surface area (Å²) in [7, 11) is 1.64. The molecule has 0 aliphatic carbocycles. The Balaban J connectivity index is 1.44. The Morgan fingerprint density at radius 1 is 0.929 bits per heavy atom. The molecular weight excluding hydrogens is 352 g/mol. The average Bonchev–Trinajstić information content (AvgIpc) is 3.16. The van der Waals surface area contributed by atoms with E-state index < -0.39 is 0 Å². The largest absolute Gasteiger partial charge is 0.497 e. The van der Waals surface area contributed by atoms with Gasteiger partial charge in [0.15, 0.2) is 0 Å². The topological polar surface area (TPSA) is 67.7 Å². The minimum atomic E-state index is -0.237. The van der Waals surface area contributed by atoms with Gasteiger partial charge in [0.2, 0.25) is 0 Å². The molecule has 0 atom stereocenters. The number of carbonyl (C=O) groups excluding carboxylic acids is 1. The number of ether oxygens (including phenoxy) is 1. The number of hydrogen-bond donors (Lipinski definition) is 2. The van der Waals surface area contributed by atoms with Crippen LogP contribution in [0, 0.1) is 6.92 Å². The highest BCUT2D eigenvalue weighted by molar-refractivity contribution is 6.03. The number of carbonyl (C=O) groups is 1. The lowest BCUT2D eigenvalue weighted by atomic mass is 10.2. The second-order valence-electron chi connectivity index (χ2n) is 6.41. The van der Waals surface area contributed by atoms with Crippen LogP contribution in [-0.2, 0) is 0 Å². The van der Waals surface area contributed by atoms with Gasteiger partial charge in [-0.15, -0.1) is 0 Å². The van der Waals surface area contributed by atoms with E-state index >= 15 is 0 Å². The third-order valence-electron chi connectivity index (χ3n) is 4.45. The van der Waals surface area contributed by atoms with E-state index in [1.807, 2.05) is 78.1 Å². The average molecular weight is 372 g/mol. The van der Waals surface area contributed by atoms with E-state index in [0.29, 0.717) is 11.4 Å². The molecular formula is C22H20N4O2. The number of amides is 1. The molecule has 28 heavy (non-hydrogen) atoms.